The minimum atomic E-state index is -4.04. The smallest absolute Gasteiger partial charge is 0.316 e. The summed E-state index contributed by atoms with van der Waals surface area (Å²) in [7, 11) is -2.56. The van der Waals surface area contributed by atoms with Gasteiger partial charge in [-0.25, -0.2) is 24.9 Å². The van der Waals surface area contributed by atoms with Gasteiger partial charge < -0.3 is 18.9 Å². The molecule has 1 aliphatic rings. The number of nitrogens with zero attached hydrogens (tertiary/aromatic N) is 6. The molecule has 0 bridgehead atoms. The molecule has 16 heteroatoms. The lowest BCUT2D eigenvalue weighted by molar-refractivity contribution is 0.197. The van der Waals surface area contributed by atoms with Gasteiger partial charge >= 0.3 is 6.01 Å². The average molecular weight is 645 g/mol. The number of para-hydroxylation sites is 2. The molecule has 0 saturated heterocycles. The zero-order valence-corrected chi connectivity index (χ0v) is 24.1. The third kappa shape index (κ3) is 7.96. The van der Waals surface area contributed by atoms with Crippen molar-refractivity contribution in [1.82, 2.24) is 34.6 Å². The molecule has 41 heavy (non-hydrogen) atoms. The molecule has 1 fully saturated rings. The Morgan fingerprint density at radius 1 is 0.927 bits per heavy atom. The molecule has 0 radical (unpaired) electrons. The van der Waals surface area contributed by atoms with Crippen LogP contribution in [0.3, 0.4) is 0 Å². The first-order chi connectivity index (χ1) is 19.9. The molecule has 2 N–H and O–H groups in total. The van der Waals surface area contributed by atoms with Gasteiger partial charge in [-0.1, -0.05) is 12.1 Å². The molecule has 14 nitrogen and oxygen atoms in total. The van der Waals surface area contributed by atoms with Gasteiger partial charge in [0.2, 0.25) is 11.6 Å². The summed E-state index contributed by atoms with van der Waals surface area (Å²) >= 11 is 3.27. The maximum absolute atomic E-state index is 13.0. The summed E-state index contributed by atoms with van der Waals surface area (Å²) in [5, 5.41) is 0. The SMILES string of the molecule is COc1ccccc1Oc1c(NS(=O)(=O)NCC2CC2)nc(-c2ncccn2)nc1OCCOc1ncc(Br)cn1. The fraction of sp³-hybridized carbons (Fsp3) is 0.280. The molecule has 3 aromatic heterocycles. The minimum absolute atomic E-state index is 0.00466. The van der Waals surface area contributed by atoms with Gasteiger partial charge in [0.05, 0.1) is 11.6 Å². The highest BCUT2D eigenvalue weighted by molar-refractivity contribution is 9.10. The molecule has 0 aliphatic heterocycles. The van der Waals surface area contributed by atoms with Gasteiger partial charge in [0.25, 0.3) is 16.1 Å². The third-order valence-corrected chi connectivity index (χ3v) is 6.94. The Kier molecular flexibility index (Phi) is 9.01. The molecule has 4 aromatic rings. The molecule has 1 saturated carbocycles. The maximum atomic E-state index is 13.0. The standard InChI is InChI=1S/C25H25BrN8O6S/c1-37-18-5-2-3-6-19(18)40-20-21(34-41(35,36)31-13-16-7-8-16)32-23(22-27-9-4-10-28-22)33-24(20)38-11-12-39-25-29-14-17(26)15-30-25/h2-6,9-10,14-16,31H,7-8,11-13H2,1H3,(H,32,33,34). The first kappa shape index (κ1) is 28.4. The number of halogens is 1. The van der Waals surface area contributed by atoms with Gasteiger partial charge in [-0.05, 0) is 52.9 Å². The van der Waals surface area contributed by atoms with Crippen LogP contribution in [0.4, 0.5) is 5.82 Å². The van der Waals surface area contributed by atoms with Crippen LogP contribution in [0.5, 0.6) is 29.1 Å². The predicted molar refractivity (Wildman–Crippen MR) is 150 cm³/mol. The van der Waals surface area contributed by atoms with Crippen LogP contribution in [0, 0.1) is 5.92 Å². The topological polar surface area (TPSA) is 172 Å². The lowest BCUT2D eigenvalue weighted by Crippen LogP contribution is -2.32. The van der Waals surface area contributed by atoms with E-state index in [1.807, 2.05) is 0 Å². The summed E-state index contributed by atoms with van der Waals surface area (Å²) < 4.78 is 54.7. The quantitative estimate of drug-likeness (QED) is 0.192. The Labute approximate surface area is 244 Å². The molecule has 214 valence electrons. The number of rotatable bonds is 14. The number of nitrogens with one attached hydrogen (secondary N) is 2. The molecule has 3 heterocycles. The van der Waals surface area contributed by atoms with Crippen LogP contribution in [-0.2, 0) is 10.2 Å². The Morgan fingerprint density at radius 3 is 2.34 bits per heavy atom. The van der Waals surface area contributed by atoms with Crippen molar-refractivity contribution in [2.75, 3.05) is 31.6 Å². The Hall–Kier alpha value is -4.15. The molecule has 0 amide bonds. The van der Waals surface area contributed by atoms with Crippen molar-refractivity contribution in [1.29, 1.82) is 0 Å². The fourth-order valence-corrected chi connectivity index (χ4v) is 4.50. The van der Waals surface area contributed by atoms with E-state index in [9.17, 15) is 8.42 Å². The Bertz CT molecular complexity index is 1580. The van der Waals surface area contributed by atoms with Crippen molar-refractivity contribution in [3.8, 4) is 40.8 Å². The molecule has 0 unspecified atom stereocenters. The van der Waals surface area contributed by atoms with Crippen LogP contribution < -0.4 is 28.4 Å². The summed E-state index contributed by atoms with van der Waals surface area (Å²) in [5.41, 5.74) is 0. The van der Waals surface area contributed by atoms with Crippen LogP contribution in [0.1, 0.15) is 12.8 Å². The zero-order valence-electron chi connectivity index (χ0n) is 21.7. The summed E-state index contributed by atoms with van der Waals surface area (Å²) in [5.74, 6) is 0.743. The van der Waals surface area contributed by atoms with Gasteiger partial charge in [-0.15, -0.1) is 0 Å². The van der Waals surface area contributed by atoms with Crippen molar-refractivity contribution in [2.45, 2.75) is 12.8 Å². The van der Waals surface area contributed by atoms with Crippen LogP contribution in [-0.4, -0.2) is 65.2 Å². The number of hydrogen-bond donors (Lipinski definition) is 2. The van der Waals surface area contributed by atoms with Crippen LogP contribution in [0.15, 0.2) is 59.6 Å². The summed E-state index contributed by atoms with van der Waals surface area (Å²) in [6.45, 7) is 0.317. The monoisotopic (exact) mass is 644 g/mol. The molecule has 0 atom stereocenters. The molecule has 1 aromatic carbocycles. The lowest BCUT2D eigenvalue weighted by Gasteiger charge is -2.18. The van der Waals surface area contributed by atoms with E-state index in [1.165, 1.54) is 19.5 Å². The number of aromatic nitrogens is 6. The van der Waals surface area contributed by atoms with Crippen LogP contribution in [0.2, 0.25) is 0 Å². The number of methoxy groups -OCH3 is 1. The van der Waals surface area contributed by atoms with E-state index in [1.54, 1.807) is 42.7 Å². The number of anilines is 1. The van der Waals surface area contributed by atoms with Crippen molar-refractivity contribution >= 4 is 32.0 Å². The third-order valence-electron chi connectivity index (χ3n) is 5.52. The highest BCUT2D eigenvalue weighted by Gasteiger charge is 2.27. The Balaban J connectivity index is 1.49. The first-order valence-electron chi connectivity index (χ1n) is 12.4. The number of ether oxygens (including phenoxy) is 4. The van der Waals surface area contributed by atoms with E-state index in [-0.39, 0.29) is 54.1 Å². The van der Waals surface area contributed by atoms with Crippen molar-refractivity contribution < 1.29 is 27.4 Å². The van der Waals surface area contributed by atoms with E-state index in [4.69, 9.17) is 18.9 Å². The predicted octanol–water partition coefficient (Wildman–Crippen LogP) is 3.40. The summed E-state index contributed by atoms with van der Waals surface area (Å²) in [6, 6.07) is 8.62. The highest BCUT2D eigenvalue weighted by atomic mass is 79.9. The fourth-order valence-electron chi connectivity index (χ4n) is 3.38. The Morgan fingerprint density at radius 2 is 1.63 bits per heavy atom. The van der Waals surface area contributed by atoms with E-state index >= 15 is 0 Å². The second kappa shape index (κ2) is 13.0. The normalized spacial score (nSPS) is 12.9. The second-order valence-electron chi connectivity index (χ2n) is 8.63. The molecule has 0 spiro atoms. The first-order valence-corrected chi connectivity index (χ1v) is 14.7. The van der Waals surface area contributed by atoms with Crippen molar-refractivity contribution in [2.24, 2.45) is 5.92 Å². The number of benzene rings is 1. The molecular formula is C25H25BrN8O6S. The molecule has 1 aliphatic carbocycles. The lowest BCUT2D eigenvalue weighted by atomic mass is 10.3. The van der Waals surface area contributed by atoms with Crippen LogP contribution >= 0.6 is 15.9 Å². The summed E-state index contributed by atoms with van der Waals surface area (Å²) in [6.07, 6.45) is 8.07. The minimum Gasteiger partial charge on any atom is -0.493 e. The van der Waals surface area contributed by atoms with Crippen LogP contribution in [0.25, 0.3) is 11.6 Å². The largest absolute Gasteiger partial charge is 0.493 e. The van der Waals surface area contributed by atoms with E-state index in [0.717, 1.165) is 12.8 Å². The van der Waals surface area contributed by atoms with Gasteiger partial charge in [0.1, 0.15) is 13.2 Å². The summed E-state index contributed by atoms with van der Waals surface area (Å²) in [4.78, 5) is 25.3. The maximum Gasteiger partial charge on any atom is 0.316 e. The van der Waals surface area contributed by atoms with Gasteiger partial charge in [-0.2, -0.15) is 18.1 Å². The van der Waals surface area contributed by atoms with E-state index < -0.39 is 10.2 Å². The zero-order chi connectivity index (χ0) is 28.7. The highest BCUT2D eigenvalue weighted by Crippen LogP contribution is 2.41. The van der Waals surface area contributed by atoms with Gasteiger partial charge in [0, 0.05) is 31.3 Å². The van der Waals surface area contributed by atoms with E-state index in [2.05, 4.69) is 55.3 Å². The molecular weight excluding hydrogens is 620 g/mol. The second-order valence-corrected chi connectivity index (χ2v) is 11.0. The van der Waals surface area contributed by atoms with Crippen molar-refractivity contribution in [3.05, 3.63) is 59.6 Å². The van der Waals surface area contributed by atoms with Gasteiger partial charge in [0.15, 0.2) is 23.1 Å². The average Bonchev–Trinajstić information content (AvgIpc) is 3.82. The van der Waals surface area contributed by atoms with Gasteiger partial charge in [-0.3, -0.25) is 4.72 Å². The molecule has 5 rings (SSSR count). The number of hydrogen-bond acceptors (Lipinski definition) is 12. The van der Waals surface area contributed by atoms with E-state index in [0.29, 0.717) is 22.7 Å². The van der Waals surface area contributed by atoms with Crippen molar-refractivity contribution in [3.63, 3.8) is 0 Å².